The summed E-state index contributed by atoms with van der Waals surface area (Å²) in [6, 6.07) is 6.48. The van der Waals surface area contributed by atoms with E-state index in [2.05, 4.69) is 21.7 Å². The molecule has 1 unspecified atom stereocenters. The Hall–Kier alpha value is -1.42. The maximum atomic E-state index is 11.2. The van der Waals surface area contributed by atoms with Crippen LogP contribution < -0.4 is 10.6 Å². The molecule has 4 nitrogen and oxygen atoms in total. The van der Waals surface area contributed by atoms with Crippen molar-refractivity contribution in [1.82, 2.24) is 15.6 Å². The molecule has 0 spiro atoms. The molecule has 1 aromatic rings. The predicted octanol–water partition coefficient (Wildman–Crippen LogP) is 1.18. The highest BCUT2D eigenvalue weighted by molar-refractivity contribution is 5.75. The van der Waals surface area contributed by atoms with E-state index in [0.29, 0.717) is 18.9 Å². The summed E-state index contributed by atoms with van der Waals surface area (Å²) in [6.07, 6.45) is 3.59. The number of carbonyl (C=O) groups excluding carboxylic acids is 1. The molecule has 0 aliphatic carbocycles. The number of aromatic nitrogens is 1. The van der Waals surface area contributed by atoms with Gasteiger partial charge in [-0.3, -0.25) is 9.78 Å². The van der Waals surface area contributed by atoms with Gasteiger partial charge in [-0.25, -0.2) is 0 Å². The van der Waals surface area contributed by atoms with Gasteiger partial charge in [-0.05, 0) is 37.9 Å². The Kier molecular flexibility index (Phi) is 4.09. The topological polar surface area (TPSA) is 54.0 Å². The minimum Gasteiger partial charge on any atom is -0.359 e. The molecular formula is C13H19N3O. The summed E-state index contributed by atoms with van der Waals surface area (Å²) in [5, 5.41) is 6.06. The first kappa shape index (κ1) is 12.0. The molecule has 2 N–H and O–H groups in total. The number of aryl methyl sites for hydroxylation is 1. The van der Waals surface area contributed by atoms with Gasteiger partial charge in [0, 0.05) is 25.2 Å². The first-order chi connectivity index (χ1) is 8.29. The largest absolute Gasteiger partial charge is 0.359 e. The zero-order valence-electron chi connectivity index (χ0n) is 10.2. The predicted molar refractivity (Wildman–Crippen MR) is 66.6 cm³/mol. The molecule has 1 aromatic heterocycles. The van der Waals surface area contributed by atoms with Crippen LogP contribution in [0.4, 0.5) is 0 Å². The first-order valence-corrected chi connectivity index (χ1v) is 6.19. The van der Waals surface area contributed by atoms with Crippen molar-refractivity contribution in [2.24, 2.45) is 0 Å². The number of carbonyl (C=O) groups is 1. The number of hydrogen-bond donors (Lipinski definition) is 2. The fourth-order valence-corrected chi connectivity index (χ4v) is 2.14. The highest BCUT2D eigenvalue weighted by Crippen LogP contribution is 2.21. The third kappa shape index (κ3) is 3.27. The molecule has 0 aromatic carbocycles. The molecule has 0 radical (unpaired) electrons. The monoisotopic (exact) mass is 233 g/mol. The molecule has 2 rings (SSSR count). The SMILES string of the molecule is CNC(=O)CCc1cccc(C2CCCN2)n1. The molecule has 17 heavy (non-hydrogen) atoms. The molecule has 4 heteroatoms. The number of hydrogen-bond acceptors (Lipinski definition) is 3. The number of nitrogens with one attached hydrogen (secondary N) is 2. The van der Waals surface area contributed by atoms with Crippen LogP contribution >= 0.6 is 0 Å². The molecule has 1 atom stereocenters. The molecular weight excluding hydrogens is 214 g/mol. The van der Waals surface area contributed by atoms with Gasteiger partial charge in [0.1, 0.15) is 0 Å². The lowest BCUT2D eigenvalue weighted by atomic mass is 10.1. The van der Waals surface area contributed by atoms with Crippen molar-refractivity contribution in [3.63, 3.8) is 0 Å². The average Bonchev–Trinajstić information content (AvgIpc) is 2.90. The van der Waals surface area contributed by atoms with Crippen molar-refractivity contribution in [2.75, 3.05) is 13.6 Å². The molecule has 2 heterocycles. The second-order valence-electron chi connectivity index (χ2n) is 4.38. The Labute approximate surface area is 102 Å². The number of amides is 1. The van der Waals surface area contributed by atoms with Crippen LogP contribution in [0.2, 0.25) is 0 Å². The fraction of sp³-hybridized carbons (Fsp3) is 0.538. The quantitative estimate of drug-likeness (QED) is 0.821. The van der Waals surface area contributed by atoms with E-state index in [0.717, 1.165) is 24.4 Å². The van der Waals surface area contributed by atoms with Crippen molar-refractivity contribution in [1.29, 1.82) is 0 Å². The van der Waals surface area contributed by atoms with Crippen LogP contribution in [0, 0.1) is 0 Å². The second kappa shape index (κ2) is 5.77. The number of pyridine rings is 1. The van der Waals surface area contributed by atoms with Crippen LogP contribution in [0.3, 0.4) is 0 Å². The lowest BCUT2D eigenvalue weighted by Gasteiger charge is -2.10. The van der Waals surface area contributed by atoms with Gasteiger partial charge in [-0.2, -0.15) is 0 Å². The average molecular weight is 233 g/mol. The molecule has 1 aliphatic heterocycles. The highest BCUT2D eigenvalue weighted by atomic mass is 16.1. The second-order valence-corrected chi connectivity index (χ2v) is 4.38. The maximum absolute atomic E-state index is 11.2. The molecule has 0 saturated carbocycles. The van der Waals surface area contributed by atoms with E-state index >= 15 is 0 Å². The van der Waals surface area contributed by atoms with Crippen LogP contribution in [0.5, 0.6) is 0 Å². The van der Waals surface area contributed by atoms with Gasteiger partial charge in [0.05, 0.1) is 5.69 Å². The maximum Gasteiger partial charge on any atom is 0.220 e. The van der Waals surface area contributed by atoms with Crippen LogP contribution in [0.1, 0.15) is 36.7 Å². The Morgan fingerprint density at radius 3 is 3.18 bits per heavy atom. The van der Waals surface area contributed by atoms with Crippen molar-refractivity contribution >= 4 is 5.91 Å². The molecule has 1 fully saturated rings. The minimum atomic E-state index is 0.0659. The number of rotatable bonds is 4. The van der Waals surface area contributed by atoms with Gasteiger partial charge in [0.2, 0.25) is 5.91 Å². The number of nitrogens with zero attached hydrogens (tertiary/aromatic N) is 1. The third-order valence-electron chi connectivity index (χ3n) is 3.13. The smallest absolute Gasteiger partial charge is 0.220 e. The van der Waals surface area contributed by atoms with Gasteiger partial charge >= 0.3 is 0 Å². The Balaban J connectivity index is 1.98. The van der Waals surface area contributed by atoms with E-state index in [1.165, 1.54) is 6.42 Å². The van der Waals surface area contributed by atoms with Crippen LogP contribution in [0.25, 0.3) is 0 Å². The van der Waals surface area contributed by atoms with Crippen LogP contribution in [-0.2, 0) is 11.2 Å². The molecule has 1 amide bonds. The standard InChI is InChI=1S/C13H19N3O/c1-14-13(17)8-7-10-4-2-5-12(16-10)11-6-3-9-15-11/h2,4-5,11,15H,3,6-9H2,1H3,(H,14,17). The van der Waals surface area contributed by atoms with E-state index in [4.69, 9.17) is 0 Å². The zero-order chi connectivity index (χ0) is 12.1. The van der Waals surface area contributed by atoms with E-state index in [9.17, 15) is 4.79 Å². The van der Waals surface area contributed by atoms with E-state index in [1.807, 2.05) is 12.1 Å². The molecule has 1 saturated heterocycles. The van der Waals surface area contributed by atoms with Crippen LogP contribution in [0.15, 0.2) is 18.2 Å². The van der Waals surface area contributed by atoms with E-state index < -0.39 is 0 Å². The highest BCUT2D eigenvalue weighted by Gasteiger charge is 2.17. The van der Waals surface area contributed by atoms with Gasteiger partial charge in [-0.1, -0.05) is 6.07 Å². The van der Waals surface area contributed by atoms with E-state index in [-0.39, 0.29) is 5.91 Å². The lowest BCUT2D eigenvalue weighted by Crippen LogP contribution is -2.18. The van der Waals surface area contributed by atoms with Crippen molar-refractivity contribution < 1.29 is 4.79 Å². The Morgan fingerprint density at radius 2 is 2.47 bits per heavy atom. The lowest BCUT2D eigenvalue weighted by molar-refractivity contribution is -0.120. The van der Waals surface area contributed by atoms with Gasteiger partial charge in [0.15, 0.2) is 0 Å². The molecule has 1 aliphatic rings. The first-order valence-electron chi connectivity index (χ1n) is 6.19. The summed E-state index contributed by atoms with van der Waals surface area (Å²) in [5.74, 6) is 0.0659. The van der Waals surface area contributed by atoms with E-state index in [1.54, 1.807) is 7.05 Å². The van der Waals surface area contributed by atoms with Gasteiger partial charge in [0.25, 0.3) is 0 Å². The van der Waals surface area contributed by atoms with Crippen LogP contribution in [-0.4, -0.2) is 24.5 Å². The summed E-state index contributed by atoms with van der Waals surface area (Å²) in [5.41, 5.74) is 2.11. The fourth-order valence-electron chi connectivity index (χ4n) is 2.14. The third-order valence-corrected chi connectivity index (χ3v) is 3.13. The Morgan fingerprint density at radius 1 is 1.59 bits per heavy atom. The normalized spacial score (nSPS) is 19.2. The molecule has 0 bridgehead atoms. The Bertz CT molecular complexity index is 386. The van der Waals surface area contributed by atoms with Crippen molar-refractivity contribution in [2.45, 2.75) is 31.7 Å². The minimum absolute atomic E-state index is 0.0659. The summed E-state index contributed by atoms with van der Waals surface area (Å²) >= 11 is 0. The summed E-state index contributed by atoms with van der Waals surface area (Å²) < 4.78 is 0. The van der Waals surface area contributed by atoms with Gasteiger partial charge in [-0.15, -0.1) is 0 Å². The molecule has 92 valence electrons. The van der Waals surface area contributed by atoms with Crippen molar-refractivity contribution in [3.05, 3.63) is 29.6 Å². The summed E-state index contributed by atoms with van der Waals surface area (Å²) in [7, 11) is 1.66. The zero-order valence-corrected chi connectivity index (χ0v) is 10.2. The van der Waals surface area contributed by atoms with Gasteiger partial charge < -0.3 is 10.6 Å². The van der Waals surface area contributed by atoms with Crippen molar-refractivity contribution in [3.8, 4) is 0 Å². The summed E-state index contributed by atoms with van der Waals surface area (Å²) in [4.78, 5) is 15.8. The summed E-state index contributed by atoms with van der Waals surface area (Å²) in [6.45, 7) is 1.08.